The lowest BCUT2D eigenvalue weighted by atomic mass is 9.77. The summed E-state index contributed by atoms with van der Waals surface area (Å²) in [5, 5.41) is 18.4. The maximum atomic E-state index is 9.21. The van der Waals surface area contributed by atoms with Gasteiger partial charge < -0.3 is 10.0 Å². The van der Waals surface area contributed by atoms with E-state index in [-0.39, 0.29) is 0 Å². The highest BCUT2D eigenvalue weighted by molar-refractivity contribution is 6.60. The molecule has 0 bridgehead atoms. The Balaban J connectivity index is 2.10. The van der Waals surface area contributed by atoms with E-state index in [2.05, 4.69) is 4.99 Å². The molecule has 3 nitrogen and oxygen atoms in total. The number of benzene rings is 2. The van der Waals surface area contributed by atoms with E-state index in [4.69, 9.17) is 0 Å². The Morgan fingerprint density at radius 3 is 2.33 bits per heavy atom. The van der Waals surface area contributed by atoms with Crippen molar-refractivity contribution in [2.75, 3.05) is 0 Å². The van der Waals surface area contributed by atoms with Crippen LogP contribution in [0, 0.1) is 0 Å². The summed E-state index contributed by atoms with van der Waals surface area (Å²) in [6.07, 6.45) is 1.67. The molecule has 0 aliphatic carbocycles. The fraction of sp³-hybridized carbons (Fsp3) is 0.0714. The Morgan fingerprint density at radius 2 is 1.61 bits per heavy atom. The molecule has 18 heavy (non-hydrogen) atoms. The van der Waals surface area contributed by atoms with Crippen LogP contribution >= 0.6 is 0 Å². The Labute approximate surface area is 107 Å². The fourth-order valence-corrected chi connectivity index (χ4v) is 1.70. The summed E-state index contributed by atoms with van der Waals surface area (Å²) in [6, 6.07) is 17.0. The molecule has 0 aliphatic heterocycles. The SMILES string of the molecule is OB(O)c1ccccc1C=NCc1ccccc1. The standard InChI is InChI=1S/C14H14BNO2/c17-15(18)14-9-5-4-8-13(14)11-16-10-12-6-2-1-3-7-12/h1-9,11,17-18H,10H2. The normalized spacial score (nSPS) is 10.8. The van der Waals surface area contributed by atoms with Gasteiger partial charge in [-0.05, 0) is 16.6 Å². The lowest BCUT2D eigenvalue weighted by Crippen LogP contribution is -2.32. The van der Waals surface area contributed by atoms with Gasteiger partial charge in [-0.15, -0.1) is 0 Å². The summed E-state index contributed by atoms with van der Waals surface area (Å²) >= 11 is 0. The smallest absolute Gasteiger partial charge is 0.423 e. The first kappa shape index (κ1) is 12.5. The molecule has 0 aromatic heterocycles. The van der Waals surface area contributed by atoms with Crippen LogP contribution in [0.1, 0.15) is 11.1 Å². The van der Waals surface area contributed by atoms with Crippen molar-refractivity contribution < 1.29 is 10.0 Å². The average Bonchev–Trinajstić information content (AvgIpc) is 2.40. The zero-order valence-corrected chi connectivity index (χ0v) is 9.90. The van der Waals surface area contributed by atoms with Crippen molar-refractivity contribution in [3.8, 4) is 0 Å². The molecule has 2 N–H and O–H groups in total. The number of hydrogen-bond donors (Lipinski definition) is 2. The van der Waals surface area contributed by atoms with Gasteiger partial charge in [-0.1, -0.05) is 54.6 Å². The van der Waals surface area contributed by atoms with Crippen LogP contribution in [0.15, 0.2) is 59.6 Å². The van der Waals surface area contributed by atoms with Crippen molar-refractivity contribution >= 4 is 18.8 Å². The van der Waals surface area contributed by atoms with Gasteiger partial charge in [-0.25, -0.2) is 0 Å². The lowest BCUT2D eigenvalue weighted by molar-refractivity contribution is 0.425. The Bertz CT molecular complexity index is 526. The maximum absolute atomic E-state index is 9.21. The van der Waals surface area contributed by atoms with E-state index in [1.807, 2.05) is 42.5 Å². The predicted molar refractivity (Wildman–Crippen MR) is 74.0 cm³/mol. The van der Waals surface area contributed by atoms with Crippen LogP contribution in [0.25, 0.3) is 0 Å². The minimum absolute atomic E-state index is 0.467. The summed E-state index contributed by atoms with van der Waals surface area (Å²) in [6.45, 7) is 0.580. The molecule has 0 amide bonds. The second-order valence-electron chi connectivity index (χ2n) is 3.96. The second-order valence-corrected chi connectivity index (χ2v) is 3.96. The molecule has 0 radical (unpaired) electrons. The van der Waals surface area contributed by atoms with Gasteiger partial charge in [0.15, 0.2) is 0 Å². The molecular formula is C14H14BNO2. The summed E-state index contributed by atoms with van der Waals surface area (Å²) < 4.78 is 0. The number of hydrogen-bond acceptors (Lipinski definition) is 3. The van der Waals surface area contributed by atoms with Gasteiger partial charge >= 0.3 is 7.12 Å². The topological polar surface area (TPSA) is 52.8 Å². The summed E-state index contributed by atoms with van der Waals surface area (Å²) in [5.74, 6) is 0. The Morgan fingerprint density at radius 1 is 0.944 bits per heavy atom. The van der Waals surface area contributed by atoms with Gasteiger partial charge in [0.05, 0.1) is 6.54 Å². The van der Waals surface area contributed by atoms with Crippen LogP contribution in [0.4, 0.5) is 0 Å². The molecule has 2 rings (SSSR count). The van der Waals surface area contributed by atoms with Gasteiger partial charge in [-0.3, -0.25) is 4.99 Å². The van der Waals surface area contributed by atoms with Crippen LogP contribution < -0.4 is 5.46 Å². The van der Waals surface area contributed by atoms with Crippen molar-refractivity contribution in [1.82, 2.24) is 0 Å². The Hall–Kier alpha value is -1.91. The molecule has 0 atom stereocenters. The molecule has 2 aromatic carbocycles. The van der Waals surface area contributed by atoms with Gasteiger partial charge in [0.1, 0.15) is 0 Å². The quantitative estimate of drug-likeness (QED) is 0.617. The van der Waals surface area contributed by atoms with Gasteiger partial charge in [0.2, 0.25) is 0 Å². The molecule has 2 aromatic rings. The van der Waals surface area contributed by atoms with Crippen LogP contribution in [-0.4, -0.2) is 23.4 Å². The maximum Gasteiger partial charge on any atom is 0.489 e. The largest absolute Gasteiger partial charge is 0.489 e. The minimum Gasteiger partial charge on any atom is -0.423 e. The lowest BCUT2D eigenvalue weighted by Gasteiger charge is -2.03. The molecule has 0 aliphatic rings. The third-order valence-electron chi connectivity index (χ3n) is 2.62. The van der Waals surface area contributed by atoms with Crippen LogP contribution in [0.2, 0.25) is 0 Å². The molecule has 90 valence electrons. The number of nitrogens with zero attached hydrogens (tertiary/aromatic N) is 1. The highest BCUT2D eigenvalue weighted by Gasteiger charge is 2.13. The molecule has 0 saturated heterocycles. The predicted octanol–water partition coefficient (Wildman–Crippen LogP) is 0.985. The van der Waals surface area contributed by atoms with Crippen molar-refractivity contribution in [2.24, 2.45) is 4.99 Å². The van der Waals surface area contributed by atoms with Gasteiger partial charge in [0.25, 0.3) is 0 Å². The number of aliphatic imine (C=N–C) groups is 1. The molecule has 0 heterocycles. The van der Waals surface area contributed by atoms with Gasteiger partial charge in [-0.2, -0.15) is 0 Å². The zero-order valence-electron chi connectivity index (χ0n) is 9.90. The van der Waals surface area contributed by atoms with E-state index in [1.165, 1.54) is 0 Å². The molecular weight excluding hydrogens is 225 g/mol. The summed E-state index contributed by atoms with van der Waals surface area (Å²) in [5.41, 5.74) is 2.31. The third kappa shape index (κ3) is 3.29. The van der Waals surface area contributed by atoms with Crippen LogP contribution in [0.3, 0.4) is 0 Å². The van der Waals surface area contributed by atoms with E-state index in [1.54, 1.807) is 18.3 Å². The molecule has 0 fully saturated rings. The minimum atomic E-state index is -1.47. The van der Waals surface area contributed by atoms with E-state index in [0.717, 1.165) is 11.1 Å². The van der Waals surface area contributed by atoms with Gasteiger partial charge in [0, 0.05) is 6.21 Å². The molecule has 0 unspecified atom stereocenters. The summed E-state index contributed by atoms with van der Waals surface area (Å²) in [4.78, 5) is 4.31. The molecule has 4 heteroatoms. The fourth-order valence-electron chi connectivity index (χ4n) is 1.70. The molecule has 0 spiro atoms. The van der Waals surface area contributed by atoms with Crippen molar-refractivity contribution in [1.29, 1.82) is 0 Å². The average molecular weight is 239 g/mol. The van der Waals surface area contributed by atoms with Crippen LogP contribution in [0.5, 0.6) is 0 Å². The second kappa shape index (κ2) is 6.14. The van der Waals surface area contributed by atoms with E-state index in [9.17, 15) is 10.0 Å². The third-order valence-corrected chi connectivity index (χ3v) is 2.62. The van der Waals surface area contributed by atoms with E-state index < -0.39 is 7.12 Å². The van der Waals surface area contributed by atoms with Crippen molar-refractivity contribution in [2.45, 2.75) is 6.54 Å². The first-order valence-electron chi connectivity index (χ1n) is 5.76. The first-order valence-corrected chi connectivity index (χ1v) is 5.76. The highest BCUT2D eigenvalue weighted by atomic mass is 16.4. The van der Waals surface area contributed by atoms with E-state index in [0.29, 0.717) is 12.0 Å². The van der Waals surface area contributed by atoms with Crippen molar-refractivity contribution in [3.63, 3.8) is 0 Å². The monoisotopic (exact) mass is 239 g/mol. The van der Waals surface area contributed by atoms with E-state index >= 15 is 0 Å². The number of rotatable bonds is 4. The summed E-state index contributed by atoms with van der Waals surface area (Å²) in [7, 11) is -1.47. The first-order chi connectivity index (χ1) is 8.77. The van der Waals surface area contributed by atoms with Crippen molar-refractivity contribution in [3.05, 3.63) is 65.7 Å². The molecule has 0 saturated carbocycles. The van der Waals surface area contributed by atoms with Crippen LogP contribution in [-0.2, 0) is 6.54 Å². The Kier molecular flexibility index (Phi) is 4.28. The zero-order chi connectivity index (χ0) is 12.8. The highest BCUT2D eigenvalue weighted by Crippen LogP contribution is 2.00.